The van der Waals surface area contributed by atoms with Crippen molar-refractivity contribution in [1.29, 1.82) is 0 Å². The largest absolute Gasteiger partial charge is 0.459 e. The summed E-state index contributed by atoms with van der Waals surface area (Å²) < 4.78 is 6.73. The monoisotopic (exact) mass is 344 g/mol. The summed E-state index contributed by atoms with van der Waals surface area (Å²) in [5, 5.41) is 25.4. The maximum Gasteiger partial charge on any atom is 0.338 e. The topological polar surface area (TPSA) is 125 Å². The molecule has 0 saturated heterocycles. The second-order valence-corrected chi connectivity index (χ2v) is 5.82. The molecule has 0 amide bonds. The number of nitrogens with one attached hydrogen (secondary N) is 1. The molecule has 0 fully saturated rings. The highest BCUT2D eigenvalue weighted by Crippen LogP contribution is 2.36. The number of allylic oxidation sites excluding steroid dienone is 1. The number of benzene rings is 1. The third-order valence-corrected chi connectivity index (χ3v) is 3.67. The number of aromatic nitrogens is 4. The maximum atomic E-state index is 12.6. The molecule has 1 atom stereocenters. The van der Waals surface area contributed by atoms with Gasteiger partial charge in [-0.3, -0.25) is 10.1 Å². The molecule has 25 heavy (non-hydrogen) atoms. The van der Waals surface area contributed by atoms with Crippen LogP contribution in [-0.2, 0) is 9.53 Å². The van der Waals surface area contributed by atoms with Gasteiger partial charge in [0.15, 0.2) is 0 Å². The van der Waals surface area contributed by atoms with Crippen molar-refractivity contribution in [3.8, 4) is 0 Å². The number of anilines is 1. The molecule has 2 heterocycles. The first-order chi connectivity index (χ1) is 11.9. The van der Waals surface area contributed by atoms with Crippen LogP contribution in [0.1, 0.15) is 32.4 Å². The third kappa shape index (κ3) is 3.05. The van der Waals surface area contributed by atoms with Crippen LogP contribution in [0, 0.1) is 10.1 Å². The Kier molecular flexibility index (Phi) is 4.17. The Morgan fingerprint density at radius 2 is 2.20 bits per heavy atom. The fraction of sp³-hybridized carbons (Fsp3) is 0.333. The molecule has 0 aliphatic carbocycles. The minimum absolute atomic E-state index is 0.0834. The van der Waals surface area contributed by atoms with Crippen molar-refractivity contribution >= 4 is 17.6 Å². The number of rotatable bonds is 4. The first-order valence-electron chi connectivity index (χ1n) is 7.59. The van der Waals surface area contributed by atoms with Crippen LogP contribution in [-0.4, -0.2) is 37.2 Å². The van der Waals surface area contributed by atoms with Crippen LogP contribution in [0.15, 0.2) is 35.5 Å². The van der Waals surface area contributed by atoms with E-state index in [1.54, 1.807) is 32.9 Å². The lowest BCUT2D eigenvalue weighted by molar-refractivity contribution is -0.384. The standard InChI is InChI=1S/C15H16N6O4/c1-8(2)25-14(22)12-9(3)16-15-17-18-19-20(15)13(12)10-5-4-6-11(7-10)21(23)24/h4-8,13H,1-3H3,(H,16,17,19)/t13-/m0/s1. The van der Waals surface area contributed by atoms with Gasteiger partial charge < -0.3 is 10.1 Å². The molecule has 1 aliphatic heterocycles. The molecule has 0 unspecified atom stereocenters. The molecule has 1 aromatic heterocycles. The third-order valence-electron chi connectivity index (χ3n) is 3.67. The average molecular weight is 344 g/mol. The van der Waals surface area contributed by atoms with E-state index in [0.29, 0.717) is 22.8 Å². The fourth-order valence-electron chi connectivity index (χ4n) is 2.67. The van der Waals surface area contributed by atoms with Gasteiger partial charge in [-0.2, -0.15) is 4.68 Å². The van der Waals surface area contributed by atoms with Crippen molar-refractivity contribution in [1.82, 2.24) is 20.2 Å². The molecular weight excluding hydrogens is 328 g/mol. The Hall–Kier alpha value is -3.30. The van der Waals surface area contributed by atoms with Crippen LogP contribution in [0.25, 0.3) is 0 Å². The Balaban J connectivity index is 2.14. The summed E-state index contributed by atoms with van der Waals surface area (Å²) in [4.78, 5) is 23.2. The number of carbonyl (C=O) groups is 1. The SMILES string of the molecule is CC1=C(C(=O)OC(C)C)[C@H](c2cccc([N+](=O)[O-])c2)n2nnnc2N1. The van der Waals surface area contributed by atoms with Crippen molar-refractivity contribution in [2.24, 2.45) is 0 Å². The minimum atomic E-state index is -0.725. The van der Waals surface area contributed by atoms with E-state index in [4.69, 9.17) is 4.74 Å². The van der Waals surface area contributed by atoms with E-state index in [1.165, 1.54) is 16.8 Å². The first-order valence-corrected chi connectivity index (χ1v) is 7.59. The molecule has 10 nitrogen and oxygen atoms in total. The Bertz CT molecular complexity index is 872. The smallest absolute Gasteiger partial charge is 0.338 e. The zero-order valence-corrected chi connectivity index (χ0v) is 13.8. The van der Waals surface area contributed by atoms with E-state index >= 15 is 0 Å². The van der Waals surface area contributed by atoms with Gasteiger partial charge >= 0.3 is 5.97 Å². The van der Waals surface area contributed by atoms with Crippen LogP contribution in [0.3, 0.4) is 0 Å². The molecule has 2 aromatic rings. The van der Waals surface area contributed by atoms with E-state index in [2.05, 4.69) is 20.8 Å². The molecular formula is C15H16N6O4. The summed E-state index contributed by atoms with van der Waals surface area (Å²) in [7, 11) is 0. The minimum Gasteiger partial charge on any atom is -0.459 e. The summed E-state index contributed by atoms with van der Waals surface area (Å²) in [6, 6.07) is 5.30. The van der Waals surface area contributed by atoms with E-state index in [-0.39, 0.29) is 11.8 Å². The predicted octanol–water partition coefficient (Wildman–Crippen LogP) is 1.82. The van der Waals surface area contributed by atoms with Gasteiger partial charge in [-0.15, -0.1) is 0 Å². The van der Waals surface area contributed by atoms with Crippen LogP contribution in [0.5, 0.6) is 0 Å². The van der Waals surface area contributed by atoms with Gasteiger partial charge in [-0.1, -0.05) is 17.2 Å². The second-order valence-electron chi connectivity index (χ2n) is 5.82. The zero-order valence-electron chi connectivity index (χ0n) is 13.8. The number of hydrogen-bond donors (Lipinski definition) is 1. The van der Waals surface area contributed by atoms with Gasteiger partial charge in [0, 0.05) is 17.8 Å². The van der Waals surface area contributed by atoms with Gasteiger partial charge in [-0.05, 0) is 36.8 Å². The molecule has 0 spiro atoms. The summed E-state index contributed by atoms with van der Waals surface area (Å²) >= 11 is 0. The number of ether oxygens (including phenoxy) is 1. The number of non-ortho nitro benzene ring substituents is 1. The van der Waals surface area contributed by atoms with Crippen molar-refractivity contribution < 1.29 is 14.5 Å². The summed E-state index contributed by atoms with van der Waals surface area (Å²) in [6.07, 6.45) is -0.311. The number of fused-ring (bicyclic) bond motifs is 1. The molecule has 3 rings (SSSR count). The van der Waals surface area contributed by atoms with Crippen molar-refractivity contribution in [2.75, 3.05) is 5.32 Å². The predicted molar refractivity (Wildman–Crippen MR) is 86.6 cm³/mol. The molecule has 1 aromatic carbocycles. The average Bonchev–Trinajstić information content (AvgIpc) is 3.00. The van der Waals surface area contributed by atoms with Gasteiger partial charge in [0.1, 0.15) is 6.04 Å². The first kappa shape index (κ1) is 16.6. The van der Waals surface area contributed by atoms with Crippen LogP contribution < -0.4 is 5.32 Å². The number of esters is 1. The summed E-state index contributed by atoms with van der Waals surface area (Å²) in [5.41, 5.74) is 1.26. The highest BCUT2D eigenvalue weighted by molar-refractivity contribution is 5.92. The molecule has 10 heteroatoms. The number of nitrogens with zero attached hydrogens (tertiary/aromatic N) is 5. The van der Waals surface area contributed by atoms with E-state index in [1.807, 2.05) is 0 Å². The lowest BCUT2D eigenvalue weighted by Crippen LogP contribution is -2.30. The number of nitro groups is 1. The van der Waals surface area contributed by atoms with Crippen molar-refractivity contribution in [2.45, 2.75) is 32.9 Å². The zero-order chi connectivity index (χ0) is 18.1. The van der Waals surface area contributed by atoms with Crippen LogP contribution >= 0.6 is 0 Å². The number of hydrogen-bond acceptors (Lipinski definition) is 8. The normalized spacial score (nSPS) is 16.4. The van der Waals surface area contributed by atoms with Gasteiger partial charge in [0.25, 0.3) is 5.69 Å². The number of carbonyl (C=O) groups excluding carboxylic acids is 1. The summed E-state index contributed by atoms with van der Waals surface area (Å²) in [6.45, 7) is 5.20. The maximum absolute atomic E-state index is 12.6. The fourth-order valence-corrected chi connectivity index (χ4v) is 2.67. The molecule has 1 aliphatic rings. The molecule has 1 N–H and O–H groups in total. The molecule has 0 saturated carbocycles. The number of tetrazole rings is 1. The second kappa shape index (κ2) is 6.30. The van der Waals surface area contributed by atoms with Gasteiger partial charge in [-0.25, -0.2) is 4.79 Å². The van der Waals surface area contributed by atoms with Gasteiger partial charge in [0.05, 0.1) is 16.6 Å². The van der Waals surface area contributed by atoms with Crippen LogP contribution in [0.4, 0.5) is 11.6 Å². The van der Waals surface area contributed by atoms with E-state index in [0.717, 1.165) is 0 Å². The molecule has 0 radical (unpaired) electrons. The summed E-state index contributed by atoms with van der Waals surface area (Å²) in [5.74, 6) is -0.187. The Labute approximate surface area is 142 Å². The lowest BCUT2D eigenvalue weighted by atomic mass is 9.95. The Morgan fingerprint density at radius 1 is 1.44 bits per heavy atom. The van der Waals surface area contributed by atoms with Crippen molar-refractivity contribution in [3.63, 3.8) is 0 Å². The molecule has 0 bridgehead atoms. The highest BCUT2D eigenvalue weighted by Gasteiger charge is 2.35. The van der Waals surface area contributed by atoms with E-state index < -0.39 is 16.9 Å². The quantitative estimate of drug-likeness (QED) is 0.506. The van der Waals surface area contributed by atoms with Crippen molar-refractivity contribution in [3.05, 3.63) is 51.2 Å². The Morgan fingerprint density at radius 3 is 2.88 bits per heavy atom. The number of nitro benzene ring substituents is 1. The highest BCUT2D eigenvalue weighted by atomic mass is 16.6. The van der Waals surface area contributed by atoms with Gasteiger partial charge in [0.2, 0.25) is 5.95 Å². The lowest BCUT2D eigenvalue weighted by Gasteiger charge is -2.27. The molecule has 130 valence electrons. The van der Waals surface area contributed by atoms with Crippen LogP contribution in [0.2, 0.25) is 0 Å². The van der Waals surface area contributed by atoms with E-state index in [9.17, 15) is 14.9 Å².